The number of hydrogen-bond acceptors (Lipinski definition) is 6. The molecule has 1 amide bonds. The van der Waals surface area contributed by atoms with Crippen LogP contribution in [0.15, 0.2) is 24.5 Å². The number of nitrogens with zero attached hydrogens (tertiary/aromatic N) is 2. The van der Waals surface area contributed by atoms with Crippen LogP contribution in [0.5, 0.6) is 0 Å². The zero-order valence-corrected chi connectivity index (χ0v) is 15.4. The summed E-state index contributed by atoms with van der Waals surface area (Å²) in [5.41, 5.74) is 0.561. The second-order valence-electron chi connectivity index (χ2n) is 5.84. The van der Waals surface area contributed by atoms with Crippen molar-refractivity contribution in [2.24, 2.45) is 5.92 Å². The fraction of sp³-hybridized carbons (Fsp3) is 0.500. The standard InChI is InChI=1S/C14H16N2O4S.Na/c1-14(2)10(13(19)20)16-11(18)8(12(16)21-14)9(17)7-4-3-5-15-6-7;/h3-6,8-10,12,17H,1-2H3,(H,19,20);/q;+1/p-1/t8-,9+,10-,12+;/m0./s1. The van der Waals surface area contributed by atoms with Crippen molar-refractivity contribution in [1.29, 1.82) is 0 Å². The summed E-state index contributed by atoms with van der Waals surface area (Å²) in [6, 6.07) is 2.43. The Kier molecular flexibility index (Phi) is 4.94. The number of aliphatic hydroxyl groups excluding tert-OH is 1. The van der Waals surface area contributed by atoms with Gasteiger partial charge in [0.15, 0.2) is 0 Å². The van der Waals surface area contributed by atoms with Gasteiger partial charge in [-0.1, -0.05) is 6.07 Å². The number of carboxylic acids is 1. The quantitative estimate of drug-likeness (QED) is 0.458. The van der Waals surface area contributed by atoms with E-state index < -0.39 is 28.8 Å². The number of fused-ring (bicyclic) bond motifs is 1. The van der Waals surface area contributed by atoms with Gasteiger partial charge in [-0.3, -0.25) is 9.78 Å². The average Bonchev–Trinajstić information content (AvgIpc) is 2.68. The third kappa shape index (κ3) is 2.59. The number of carbonyl (C=O) groups excluding carboxylic acids is 2. The number of thioether (sulfide) groups is 1. The van der Waals surface area contributed by atoms with Crippen molar-refractivity contribution in [3.8, 4) is 0 Å². The number of β-lactam (4-membered cyclic amide) rings is 1. The minimum absolute atomic E-state index is 0. The van der Waals surface area contributed by atoms with Crippen molar-refractivity contribution in [3.05, 3.63) is 30.1 Å². The van der Waals surface area contributed by atoms with Gasteiger partial charge in [-0.15, -0.1) is 11.8 Å². The van der Waals surface area contributed by atoms with Crippen molar-refractivity contribution in [2.45, 2.75) is 36.1 Å². The smallest absolute Gasteiger partial charge is 0.548 e. The Bertz CT molecular complexity index is 598. The van der Waals surface area contributed by atoms with Crippen LogP contribution in [0.4, 0.5) is 0 Å². The maximum atomic E-state index is 12.3. The van der Waals surface area contributed by atoms with E-state index in [1.54, 1.807) is 32.2 Å². The molecule has 0 spiro atoms. The van der Waals surface area contributed by atoms with Crippen LogP contribution in [0.1, 0.15) is 25.5 Å². The van der Waals surface area contributed by atoms with E-state index in [4.69, 9.17) is 0 Å². The number of aromatic nitrogens is 1. The summed E-state index contributed by atoms with van der Waals surface area (Å²) < 4.78 is -0.636. The number of carboxylic acid groups (broad SMARTS) is 1. The molecule has 0 bridgehead atoms. The summed E-state index contributed by atoms with van der Waals surface area (Å²) in [5, 5.41) is 21.4. The number of aliphatic carboxylic acids is 1. The molecule has 0 aromatic carbocycles. The molecule has 0 unspecified atom stereocenters. The van der Waals surface area contributed by atoms with Crippen LogP contribution < -0.4 is 34.7 Å². The number of carbonyl (C=O) groups is 2. The largest absolute Gasteiger partial charge is 1.00 e. The Hall–Kier alpha value is -0.600. The predicted molar refractivity (Wildman–Crippen MR) is 73.8 cm³/mol. The Balaban J connectivity index is 0.00000176. The Morgan fingerprint density at radius 2 is 2.23 bits per heavy atom. The zero-order chi connectivity index (χ0) is 15.4. The van der Waals surface area contributed by atoms with E-state index in [0.717, 1.165) is 0 Å². The molecule has 0 radical (unpaired) electrons. The van der Waals surface area contributed by atoms with Gasteiger partial charge in [-0.25, -0.2) is 0 Å². The van der Waals surface area contributed by atoms with Crippen LogP contribution in [0.3, 0.4) is 0 Å². The molecule has 1 aromatic rings. The van der Waals surface area contributed by atoms with E-state index in [1.165, 1.54) is 22.9 Å². The molecule has 0 saturated carbocycles. The van der Waals surface area contributed by atoms with Crippen molar-refractivity contribution in [2.75, 3.05) is 0 Å². The SMILES string of the molecule is CC1(C)S[C@@H]2[C@@H]([C@H](O)c3cccnc3)C(=O)N2[C@H]1C(=O)[O-].[Na+]. The first kappa shape index (κ1) is 17.7. The molecule has 22 heavy (non-hydrogen) atoms. The van der Waals surface area contributed by atoms with Crippen LogP contribution in [0.2, 0.25) is 0 Å². The summed E-state index contributed by atoms with van der Waals surface area (Å²) >= 11 is 1.39. The van der Waals surface area contributed by atoms with E-state index in [2.05, 4.69) is 4.98 Å². The monoisotopic (exact) mass is 330 g/mol. The number of pyridine rings is 1. The Labute approximate surface area is 154 Å². The van der Waals surface area contributed by atoms with Gasteiger partial charge in [-0.05, 0) is 25.5 Å². The van der Waals surface area contributed by atoms with Crippen LogP contribution in [0.25, 0.3) is 0 Å². The molecule has 2 aliphatic rings. The molecule has 1 aromatic heterocycles. The summed E-state index contributed by atoms with van der Waals surface area (Å²) in [6.07, 6.45) is 2.13. The van der Waals surface area contributed by atoms with Crippen molar-refractivity contribution in [1.82, 2.24) is 9.88 Å². The molecule has 0 aliphatic carbocycles. The van der Waals surface area contributed by atoms with Gasteiger partial charge in [0, 0.05) is 17.1 Å². The normalized spacial score (nSPS) is 30.0. The van der Waals surface area contributed by atoms with Gasteiger partial charge in [0.2, 0.25) is 5.91 Å². The number of rotatable bonds is 3. The summed E-state index contributed by atoms with van der Waals surface area (Å²) in [5.74, 6) is -2.23. The minimum atomic E-state index is -1.25. The van der Waals surface area contributed by atoms with Gasteiger partial charge < -0.3 is 19.9 Å². The Morgan fingerprint density at radius 3 is 2.77 bits per heavy atom. The van der Waals surface area contributed by atoms with Gasteiger partial charge >= 0.3 is 29.6 Å². The van der Waals surface area contributed by atoms with Gasteiger partial charge in [-0.2, -0.15) is 0 Å². The Morgan fingerprint density at radius 1 is 1.55 bits per heavy atom. The second-order valence-corrected chi connectivity index (χ2v) is 7.61. The van der Waals surface area contributed by atoms with Crippen molar-refractivity contribution in [3.63, 3.8) is 0 Å². The predicted octanol–water partition coefficient (Wildman–Crippen LogP) is -3.45. The summed E-state index contributed by atoms with van der Waals surface area (Å²) in [7, 11) is 0. The van der Waals surface area contributed by atoms with E-state index >= 15 is 0 Å². The number of hydrogen-bond donors (Lipinski definition) is 1. The first-order valence-electron chi connectivity index (χ1n) is 6.63. The number of amides is 1. The third-order valence-corrected chi connectivity index (χ3v) is 5.66. The minimum Gasteiger partial charge on any atom is -0.548 e. The van der Waals surface area contributed by atoms with Gasteiger partial charge in [0.05, 0.1) is 29.4 Å². The third-order valence-electron chi connectivity index (χ3n) is 4.07. The van der Waals surface area contributed by atoms with Gasteiger partial charge in [0.1, 0.15) is 0 Å². The molecule has 4 atom stereocenters. The fourth-order valence-corrected chi connectivity index (χ4v) is 4.78. The van der Waals surface area contributed by atoms with E-state index in [9.17, 15) is 19.8 Å². The topological polar surface area (TPSA) is 93.6 Å². The van der Waals surface area contributed by atoms with Crippen LogP contribution >= 0.6 is 11.8 Å². The fourth-order valence-electron chi connectivity index (χ4n) is 3.07. The molecule has 1 N–H and O–H groups in total. The van der Waals surface area contributed by atoms with Gasteiger partial charge in [0.25, 0.3) is 0 Å². The van der Waals surface area contributed by atoms with Crippen molar-refractivity contribution >= 4 is 23.6 Å². The first-order chi connectivity index (χ1) is 9.84. The molecule has 3 rings (SSSR count). The molecule has 2 saturated heterocycles. The van der Waals surface area contributed by atoms with E-state index in [1.807, 2.05) is 0 Å². The maximum absolute atomic E-state index is 12.3. The molecular formula is C14H15N2NaO4S. The molecule has 2 fully saturated rings. The zero-order valence-electron chi connectivity index (χ0n) is 12.6. The molecule has 2 aliphatic heterocycles. The maximum Gasteiger partial charge on any atom is 1.00 e. The molecular weight excluding hydrogens is 315 g/mol. The molecule has 3 heterocycles. The number of aliphatic hydroxyl groups is 1. The second kappa shape index (κ2) is 6.13. The molecule has 6 nitrogen and oxygen atoms in total. The summed E-state index contributed by atoms with van der Waals surface area (Å²) in [4.78, 5) is 28.9. The van der Waals surface area contributed by atoms with Crippen molar-refractivity contribution < 1.29 is 49.4 Å². The van der Waals surface area contributed by atoms with Crippen LogP contribution in [-0.2, 0) is 9.59 Å². The van der Waals surface area contributed by atoms with E-state index in [-0.39, 0.29) is 40.8 Å². The van der Waals surface area contributed by atoms with E-state index in [0.29, 0.717) is 5.56 Å². The average molecular weight is 330 g/mol. The molecule has 8 heteroatoms. The van der Waals surface area contributed by atoms with Crippen LogP contribution in [0, 0.1) is 5.92 Å². The summed E-state index contributed by atoms with van der Waals surface area (Å²) in [6.45, 7) is 3.55. The first-order valence-corrected chi connectivity index (χ1v) is 7.51. The molecule has 112 valence electrons. The van der Waals surface area contributed by atoms with Crippen LogP contribution in [-0.4, -0.2) is 43.0 Å².